The third-order valence-corrected chi connectivity index (χ3v) is 9.09. The van der Waals surface area contributed by atoms with Crippen LogP contribution < -0.4 is 14.4 Å². The summed E-state index contributed by atoms with van der Waals surface area (Å²) in [7, 11) is 0. The second-order valence-electron chi connectivity index (χ2n) is 11.2. The van der Waals surface area contributed by atoms with E-state index in [4.69, 9.17) is 4.74 Å². The van der Waals surface area contributed by atoms with Gasteiger partial charge in [0.25, 0.3) is 0 Å². The number of carbonyl (C=O) groups is 1. The van der Waals surface area contributed by atoms with Gasteiger partial charge < -0.3 is 14.6 Å². The van der Waals surface area contributed by atoms with Crippen LogP contribution in [0.4, 0.5) is 5.69 Å². The van der Waals surface area contributed by atoms with Crippen LogP contribution in [0.5, 0.6) is 5.75 Å². The van der Waals surface area contributed by atoms with Gasteiger partial charge in [-0.25, -0.2) is 0 Å². The van der Waals surface area contributed by atoms with E-state index in [1.165, 1.54) is 29.1 Å². The summed E-state index contributed by atoms with van der Waals surface area (Å²) in [4.78, 5) is 16.1. The maximum Gasteiger partial charge on any atom is 0.222 e. The molecule has 6 rings (SSSR count). The van der Waals surface area contributed by atoms with Crippen LogP contribution in [0.3, 0.4) is 0 Å². The van der Waals surface area contributed by atoms with Crippen molar-refractivity contribution in [1.82, 2.24) is 10.2 Å². The molecule has 4 aromatic carbocycles. The van der Waals surface area contributed by atoms with Gasteiger partial charge in [-0.05, 0) is 66.0 Å². The lowest BCUT2D eigenvalue weighted by atomic mass is 9.97. The average Bonchev–Trinajstić information content (AvgIpc) is 3.01. The molecule has 1 N–H and O–H groups in total. The minimum Gasteiger partial charge on any atom is -0.755 e. The van der Waals surface area contributed by atoms with Gasteiger partial charge in [0, 0.05) is 35.5 Å². The zero-order chi connectivity index (χ0) is 28.9. The Morgan fingerprint density at radius 2 is 1.71 bits per heavy atom. The van der Waals surface area contributed by atoms with Crippen LogP contribution in [-0.2, 0) is 22.6 Å². The molecule has 0 bridgehead atoms. The average molecular weight is 583 g/mol. The fourth-order valence-electron chi connectivity index (χ4n) is 6.18. The van der Waals surface area contributed by atoms with Crippen LogP contribution in [0.15, 0.2) is 91.0 Å². The van der Waals surface area contributed by atoms with Crippen LogP contribution >= 0.6 is 0 Å². The van der Waals surface area contributed by atoms with E-state index in [9.17, 15) is 13.6 Å². The summed E-state index contributed by atoms with van der Waals surface area (Å²) >= 11 is -2.61. The Morgan fingerprint density at radius 3 is 2.50 bits per heavy atom. The number of carbonyl (C=O) groups excluding carboxylic acids is 1. The number of rotatable bonds is 9. The largest absolute Gasteiger partial charge is 0.755 e. The highest BCUT2D eigenvalue weighted by Crippen LogP contribution is 2.36. The number of nitrogens with one attached hydrogen (secondary N) is 1. The van der Waals surface area contributed by atoms with E-state index in [0.29, 0.717) is 18.7 Å². The van der Waals surface area contributed by atoms with E-state index >= 15 is 0 Å². The summed E-state index contributed by atoms with van der Waals surface area (Å²) < 4.78 is 32.8. The summed E-state index contributed by atoms with van der Waals surface area (Å²) in [6.07, 6.45) is 4.43. The number of anilines is 1. The Kier molecular flexibility index (Phi) is 8.84. The molecule has 4 aromatic rings. The summed E-state index contributed by atoms with van der Waals surface area (Å²) in [5.74, 6) is 0.606. The maximum absolute atomic E-state index is 13.6. The number of ether oxygens (including phenoxy) is 1. The van der Waals surface area contributed by atoms with Gasteiger partial charge in [0.1, 0.15) is 5.75 Å². The summed E-state index contributed by atoms with van der Waals surface area (Å²) in [6.45, 7) is 3.68. The molecule has 1 saturated heterocycles. The fraction of sp³-hybridized carbons (Fsp3) is 0.324. The molecule has 42 heavy (non-hydrogen) atoms. The second-order valence-corrected chi connectivity index (χ2v) is 12.0. The van der Waals surface area contributed by atoms with E-state index in [0.717, 1.165) is 47.3 Å². The fourth-order valence-corrected chi connectivity index (χ4v) is 6.87. The number of nitrogens with zero attached hydrogens (tertiary/aromatic N) is 2. The van der Waals surface area contributed by atoms with Gasteiger partial charge >= 0.3 is 0 Å². The molecule has 0 aromatic heterocycles. The highest BCUT2D eigenvalue weighted by Gasteiger charge is 2.29. The molecule has 8 heteroatoms. The molecule has 2 heterocycles. The Balaban J connectivity index is 1.22. The van der Waals surface area contributed by atoms with Crippen molar-refractivity contribution in [3.8, 4) is 5.75 Å². The van der Waals surface area contributed by atoms with Gasteiger partial charge in [0.15, 0.2) is 0 Å². The Labute approximate surface area is 249 Å². The van der Waals surface area contributed by atoms with Crippen molar-refractivity contribution < 1.29 is 18.3 Å². The van der Waals surface area contributed by atoms with Crippen molar-refractivity contribution in [2.24, 2.45) is 0 Å². The van der Waals surface area contributed by atoms with Crippen molar-refractivity contribution in [2.75, 3.05) is 24.0 Å². The zero-order valence-corrected chi connectivity index (χ0v) is 24.4. The standard InChI is InChI=1S/C34H37N3O4S/c38-34(35-31-17-20-41-33-21-25(13-16-30(31)33)24-36-18-7-2-8-19-36)23-32(27-10-3-1-4-11-27)37(42(39)40)29-15-14-26-9-5-6-12-28(26)22-29/h1,3-6,9-16,21-22,31-32H,2,7-8,17-20,23-24H2,(H,35,38)(H,39,40)/p-1. The SMILES string of the molecule is O=C(CC(c1ccccc1)N(c1ccc2ccccc2c1)S(=O)[O-])NC1CCOc2cc(CN3CCCCC3)ccc21. The second kappa shape index (κ2) is 13.1. The van der Waals surface area contributed by atoms with Gasteiger partial charge in [0.05, 0.1) is 25.1 Å². The van der Waals surface area contributed by atoms with Gasteiger partial charge in [-0.15, -0.1) is 0 Å². The smallest absolute Gasteiger partial charge is 0.222 e. The van der Waals surface area contributed by atoms with E-state index in [-0.39, 0.29) is 18.4 Å². The minimum absolute atomic E-state index is 0.0233. The number of benzene rings is 4. The minimum atomic E-state index is -2.61. The molecule has 2 aliphatic heterocycles. The molecule has 3 unspecified atom stereocenters. The van der Waals surface area contributed by atoms with E-state index < -0.39 is 17.3 Å². The predicted molar refractivity (Wildman–Crippen MR) is 166 cm³/mol. The molecule has 7 nitrogen and oxygen atoms in total. The molecule has 0 spiro atoms. The maximum atomic E-state index is 13.6. The first-order chi connectivity index (χ1) is 20.5. The normalized spacial score (nSPS) is 18.5. The summed E-state index contributed by atoms with van der Waals surface area (Å²) in [6, 6.07) is 28.1. The third-order valence-electron chi connectivity index (χ3n) is 8.30. The van der Waals surface area contributed by atoms with E-state index in [2.05, 4.69) is 28.4 Å². The van der Waals surface area contributed by atoms with E-state index in [1.54, 1.807) is 6.07 Å². The van der Waals surface area contributed by atoms with Gasteiger partial charge in [-0.3, -0.25) is 18.2 Å². The first-order valence-electron chi connectivity index (χ1n) is 14.7. The lowest BCUT2D eigenvalue weighted by molar-refractivity contribution is -0.122. The number of hydrogen-bond acceptors (Lipinski definition) is 5. The molecule has 2 aliphatic rings. The summed E-state index contributed by atoms with van der Waals surface area (Å²) in [5.41, 5.74) is 3.45. The van der Waals surface area contributed by atoms with Gasteiger partial charge in [-0.2, -0.15) is 0 Å². The number of hydrogen-bond donors (Lipinski definition) is 1. The topological polar surface area (TPSA) is 84.9 Å². The molecule has 3 atom stereocenters. The van der Waals surface area contributed by atoms with Gasteiger partial charge in [-0.1, -0.05) is 79.2 Å². The molecular formula is C34H36N3O4S-. The van der Waals surface area contributed by atoms with Crippen molar-refractivity contribution in [3.05, 3.63) is 108 Å². The number of piperidine rings is 1. The van der Waals surface area contributed by atoms with Crippen LogP contribution in [-0.4, -0.2) is 39.3 Å². The lowest BCUT2D eigenvalue weighted by Crippen LogP contribution is -2.37. The monoisotopic (exact) mass is 582 g/mol. The van der Waals surface area contributed by atoms with Crippen LogP contribution in [0, 0.1) is 0 Å². The van der Waals surface area contributed by atoms with E-state index in [1.807, 2.05) is 66.7 Å². The van der Waals surface area contributed by atoms with Crippen molar-refractivity contribution in [1.29, 1.82) is 0 Å². The first kappa shape index (κ1) is 28.4. The third kappa shape index (κ3) is 6.51. The van der Waals surface area contributed by atoms with Crippen LogP contribution in [0.1, 0.15) is 60.9 Å². The Morgan fingerprint density at radius 1 is 0.952 bits per heavy atom. The van der Waals surface area contributed by atoms with Crippen molar-refractivity contribution in [2.45, 2.75) is 50.7 Å². The predicted octanol–water partition coefficient (Wildman–Crippen LogP) is 6.20. The molecule has 0 radical (unpaired) electrons. The molecule has 0 aliphatic carbocycles. The molecule has 218 valence electrons. The zero-order valence-electron chi connectivity index (χ0n) is 23.6. The number of amides is 1. The lowest BCUT2D eigenvalue weighted by Gasteiger charge is -2.35. The first-order valence-corrected chi connectivity index (χ1v) is 15.8. The molecule has 1 amide bonds. The van der Waals surface area contributed by atoms with Crippen molar-refractivity contribution in [3.63, 3.8) is 0 Å². The quantitative estimate of drug-likeness (QED) is 0.238. The van der Waals surface area contributed by atoms with Gasteiger partial charge in [0.2, 0.25) is 5.91 Å². The summed E-state index contributed by atoms with van der Waals surface area (Å²) in [5, 5.41) is 5.14. The number of fused-ring (bicyclic) bond motifs is 2. The highest BCUT2D eigenvalue weighted by atomic mass is 32.2. The molecular weight excluding hydrogens is 546 g/mol. The Bertz CT molecular complexity index is 1560. The molecule has 0 saturated carbocycles. The van der Waals surface area contributed by atoms with Crippen molar-refractivity contribution >= 4 is 33.6 Å². The highest BCUT2D eigenvalue weighted by molar-refractivity contribution is 7.80. The Hall–Kier alpha value is -3.72. The number of likely N-dealkylation sites (tertiary alicyclic amines) is 1. The van der Waals surface area contributed by atoms with Crippen LogP contribution in [0.25, 0.3) is 10.8 Å². The molecule has 1 fully saturated rings. The van der Waals surface area contributed by atoms with Crippen LogP contribution in [0.2, 0.25) is 0 Å².